The molecule has 0 bridgehead atoms. The van der Waals surface area contributed by atoms with Crippen molar-refractivity contribution >= 4 is 16.7 Å². The molecule has 0 N–H and O–H groups in total. The molecule has 2 rings (SSSR count). The summed E-state index contributed by atoms with van der Waals surface area (Å²) in [6.07, 6.45) is 6.22. The average molecular weight is 388 g/mol. The van der Waals surface area contributed by atoms with Gasteiger partial charge in [0.15, 0.2) is 5.78 Å². The first-order valence-electron chi connectivity index (χ1n) is 10.3. The molecule has 0 aromatic rings. The molecule has 0 spiro atoms. The molecule has 0 aromatic carbocycles. The second kappa shape index (κ2) is 9.90. The van der Waals surface area contributed by atoms with Gasteiger partial charge in [0.25, 0.3) is 0 Å². The molecule has 0 amide bonds. The molecule has 1 saturated carbocycles. The van der Waals surface area contributed by atoms with E-state index in [0.29, 0.717) is 5.78 Å². The van der Waals surface area contributed by atoms with E-state index in [9.17, 15) is 4.79 Å². The van der Waals surface area contributed by atoms with E-state index in [2.05, 4.69) is 27.7 Å². The Hall–Kier alpha value is -0.100. The highest BCUT2D eigenvalue weighted by Gasteiger charge is 2.59. The van der Waals surface area contributed by atoms with Crippen LogP contribution in [0.15, 0.2) is 0 Å². The van der Waals surface area contributed by atoms with Gasteiger partial charge < -0.3 is 14.2 Å². The number of hydrogen-bond donors (Lipinski definition) is 0. The van der Waals surface area contributed by atoms with Crippen LogP contribution in [0.5, 0.6) is 0 Å². The van der Waals surface area contributed by atoms with Gasteiger partial charge in [-0.3, -0.25) is 4.79 Å². The Morgan fingerprint density at radius 3 is 2.08 bits per heavy atom. The van der Waals surface area contributed by atoms with Gasteiger partial charge in [-0.05, 0) is 33.1 Å². The third-order valence-corrected chi connectivity index (χ3v) is 9.08. The van der Waals surface area contributed by atoms with E-state index in [4.69, 9.17) is 14.2 Å². The monoisotopic (exact) mass is 387 g/mol. The van der Waals surface area contributed by atoms with Crippen LogP contribution in [0.3, 0.4) is 0 Å². The van der Waals surface area contributed by atoms with Crippen molar-refractivity contribution in [3.05, 3.63) is 0 Å². The van der Waals surface area contributed by atoms with Crippen molar-refractivity contribution in [2.45, 2.75) is 95.4 Å². The minimum atomic E-state index is -0.388. The first kappa shape index (κ1) is 22.2. The minimum Gasteiger partial charge on any atom is -0.379 e. The van der Waals surface area contributed by atoms with E-state index in [0.717, 1.165) is 24.3 Å². The lowest BCUT2D eigenvalue weighted by Gasteiger charge is -2.48. The Bertz CT molecular complexity index is 445. The smallest absolute Gasteiger partial charge is 0.204 e. The van der Waals surface area contributed by atoms with Crippen LogP contribution in [-0.2, 0) is 29.9 Å². The van der Waals surface area contributed by atoms with Gasteiger partial charge in [0.2, 0.25) is 5.25 Å². The number of unbranched alkanes of at least 4 members (excludes halogenated alkanes) is 2. The lowest BCUT2D eigenvalue weighted by Crippen LogP contribution is -2.63. The summed E-state index contributed by atoms with van der Waals surface area (Å²) >= 11 is 0. The summed E-state index contributed by atoms with van der Waals surface area (Å²) in [4.78, 5) is 13.6. The number of ketones is 1. The Balaban J connectivity index is 2.22. The van der Waals surface area contributed by atoms with Gasteiger partial charge in [-0.2, -0.15) is 0 Å². The summed E-state index contributed by atoms with van der Waals surface area (Å²) in [6.45, 7) is 8.73. The highest BCUT2D eigenvalue weighted by atomic mass is 32.2. The zero-order valence-corrected chi connectivity index (χ0v) is 18.4. The minimum absolute atomic E-state index is 0.0104. The predicted molar refractivity (Wildman–Crippen MR) is 109 cm³/mol. The average Bonchev–Trinajstić information content (AvgIpc) is 2.61. The van der Waals surface area contributed by atoms with Crippen molar-refractivity contribution < 1.29 is 19.0 Å². The van der Waals surface area contributed by atoms with Gasteiger partial charge >= 0.3 is 0 Å². The maximum absolute atomic E-state index is 13.6. The normalized spacial score (nSPS) is 34.1. The fraction of sp³-hybridized carbons (Fsp3) is 0.952. The van der Waals surface area contributed by atoms with E-state index < -0.39 is 0 Å². The molecule has 5 atom stereocenters. The van der Waals surface area contributed by atoms with Crippen molar-refractivity contribution in [3.8, 4) is 0 Å². The second-order valence-corrected chi connectivity index (χ2v) is 10.7. The summed E-state index contributed by atoms with van der Waals surface area (Å²) in [5.41, 5.74) is -0.388. The standard InChI is InChI=1S/C21H39O4S/c1-7-9-11-26(12-10-8-2)20-19(22)15-13-17(23-5)18(24-6)14-16(15)25-21(20,3)4/h15-18,20H,7-14H2,1-6H3/q+1. The molecule has 1 saturated heterocycles. The number of rotatable bonds is 9. The highest BCUT2D eigenvalue weighted by molar-refractivity contribution is 7.98. The van der Waals surface area contributed by atoms with E-state index in [1.54, 1.807) is 14.2 Å². The lowest BCUT2D eigenvalue weighted by molar-refractivity contribution is -0.189. The molecule has 0 aromatic heterocycles. The van der Waals surface area contributed by atoms with Crippen LogP contribution in [-0.4, -0.2) is 60.7 Å². The van der Waals surface area contributed by atoms with Gasteiger partial charge in [-0.15, -0.1) is 0 Å². The Morgan fingerprint density at radius 1 is 1.04 bits per heavy atom. The number of carbonyl (C=O) groups is 1. The molecular weight excluding hydrogens is 348 g/mol. The zero-order chi connectivity index (χ0) is 19.3. The van der Waals surface area contributed by atoms with E-state index in [1.165, 1.54) is 25.7 Å². The van der Waals surface area contributed by atoms with Gasteiger partial charge in [0.1, 0.15) is 17.1 Å². The molecular formula is C21H39O4S+. The molecule has 26 heavy (non-hydrogen) atoms. The van der Waals surface area contributed by atoms with Crippen molar-refractivity contribution in [2.75, 3.05) is 25.7 Å². The first-order valence-corrected chi connectivity index (χ1v) is 12.0. The summed E-state index contributed by atoms with van der Waals surface area (Å²) in [6, 6.07) is 0. The van der Waals surface area contributed by atoms with Crippen LogP contribution in [0.1, 0.15) is 66.2 Å². The number of carbonyl (C=O) groups excluding carboxylic acids is 1. The Kier molecular flexibility index (Phi) is 8.45. The summed E-state index contributed by atoms with van der Waals surface area (Å²) in [5, 5.41) is 0.0263. The number of Topliss-reactive ketones (excluding diaryl/α,β-unsaturated/α-hetero) is 1. The molecule has 2 aliphatic rings. The maximum atomic E-state index is 13.6. The van der Waals surface area contributed by atoms with Gasteiger partial charge in [-0.25, -0.2) is 0 Å². The molecule has 1 aliphatic carbocycles. The molecule has 4 nitrogen and oxygen atoms in total. The fourth-order valence-corrected chi connectivity index (χ4v) is 7.93. The number of ether oxygens (including phenoxy) is 3. The lowest BCUT2D eigenvalue weighted by atomic mass is 9.75. The Labute approximate surface area is 163 Å². The second-order valence-electron chi connectivity index (χ2n) is 8.32. The maximum Gasteiger partial charge on any atom is 0.204 e. The van der Waals surface area contributed by atoms with Crippen molar-refractivity contribution in [3.63, 3.8) is 0 Å². The van der Waals surface area contributed by atoms with Crippen molar-refractivity contribution in [1.29, 1.82) is 0 Å². The van der Waals surface area contributed by atoms with Gasteiger partial charge in [-0.1, -0.05) is 26.7 Å². The van der Waals surface area contributed by atoms with Crippen LogP contribution >= 0.6 is 0 Å². The van der Waals surface area contributed by atoms with Crippen molar-refractivity contribution in [2.24, 2.45) is 5.92 Å². The van der Waals surface area contributed by atoms with Crippen LogP contribution < -0.4 is 0 Å². The van der Waals surface area contributed by atoms with E-state index in [1.807, 2.05) is 0 Å². The third-order valence-electron chi connectivity index (χ3n) is 5.98. The van der Waals surface area contributed by atoms with Crippen molar-refractivity contribution in [1.82, 2.24) is 0 Å². The molecule has 5 unspecified atom stereocenters. The predicted octanol–water partition coefficient (Wildman–Crippen LogP) is 3.76. The molecule has 1 heterocycles. The van der Waals surface area contributed by atoms with Crippen LogP contribution in [0.2, 0.25) is 0 Å². The third kappa shape index (κ3) is 4.84. The van der Waals surface area contributed by atoms with E-state index >= 15 is 0 Å². The highest BCUT2D eigenvalue weighted by Crippen LogP contribution is 2.42. The summed E-state index contributed by atoms with van der Waals surface area (Å²) < 4.78 is 17.8. The number of methoxy groups -OCH3 is 2. The summed E-state index contributed by atoms with van der Waals surface area (Å²) in [7, 11) is 3.55. The van der Waals surface area contributed by atoms with Crippen LogP contribution in [0, 0.1) is 5.92 Å². The van der Waals surface area contributed by atoms with Gasteiger partial charge in [0, 0.05) is 31.5 Å². The Morgan fingerprint density at radius 2 is 1.58 bits per heavy atom. The van der Waals surface area contributed by atoms with Crippen LogP contribution in [0.4, 0.5) is 0 Å². The quantitative estimate of drug-likeness (QED) is 0.565. The molecule has 0 radical (unpaired) electrons. The zero-order valence-electron chi connectivity index (χ0n) is 17.6. The molecule has 2 fully saturated rings. The van der Waals surface area contributed by atoms with E-state index in [-0.39, 0.29) is 46.0 Å². The fourth-order valence-electron chi connectivity index (χ4n) is 4.58. The largest absolute Gasteiger partial charge is 0.379 e. The molecule has 152 valence electrons. The topological polar surface area (TPSA) is 44.8 Å². The van der Waals surface area contributed by atoms with Gasteiger partial charge in [0.05, 0.1) is 24.2 Å². The number of fused-ring (bicyclic) bond motifs is 1. The van der Waals surface area contributed by atoms with Crippen LogP contribution in [0.25, 0.3) is 0 Å². The molecule has 1 aliphatic heterocycles. The number of hydrogen-bond acceptors (Lipinski definition) is 4. The first-order chi connectivity index (χ1) is 12.4. The molecule has 5 heteroatoms. The summed E-state index contributed by atoms with van der Waals surface area (Å²) in [5.74, 6) is 2.71. The SMILES string of the molecule is CCCC[S+](CCCC)C1C(=O)C2CC(OC)C(OC)CC2OC1(C)C.